The molecule has 3 rings (SSSR count). The van der Waals surface area contributed by atoms with Crippen molar-refractivity contribution in [2.24, 2.45) is 5.92 Å². The molecule has 0 aliphatic rings. The summed E-state index contributed by atoms with van der Waals surface area (Å²) in [5, 5.41) is 0.798. The van der Waals surface area contributed by atoms with E-state index in [1.54, 1.807) is 18.5 Å². The van der Waals surface area contributed by atoms with Crippen LogP contribution < -0.4 is 10.4 Å². The van der Waals surface area contributed by atoms with Gasteiger partial charge in [0.05, 0.1) is 24.7 Å². The molecule has 0 fully saturated rings. The van der Waals surface area contributed by atoms with Crippen LogP contribution in [0.15, 0.2) is 58.0 Å². The molecule has 0 saturated carbocycles. The van der Waals surface area contributed by atoms with Gasteiger partial charge in [0, 0.05) is 17.8 Å². The van der Waals surface area contributed by atoms with Crippen LogP contribution in [0.25, 0.3) is 22.1 Å². The number of aromatic nitrogens is 1. The van der Waals surface area contributed by atoms with Gasteiger partial charge in [-0.1, -0.05) is 70.9 Å². The van der Waals surface area contributed by atoms with E-state index in [1.807, 2.05) is 44.2 Å². The van der Waals surface area contributed by atoms with Gasteiger partial charge >= 0.3 is 11.6 Å². The third-order valence-corrected chi connectivity index (χ3v) is 5.97. The molecule has 6 nitrogen and oxygen atoms in total. The van der Waals surface area contributed by atoms with Crippen molar-refractivity contribution in [3.05, 3.63) is 59.2 Å². The second-order valence-corrected chi connectivity index (χ2v) is 9.24. The molecular formula is C29H37NO5. The zero-order chi connectivity index (χ0) is 24.9. The van der Waals surface area contributed by atoms with E-state index in [-0.39, 0.29) is 17.5 Å². The van der Waals surface area contributed by atoms with E-state index in [2.05, 4.69) is 4.98 Å². The highest BCUT2D eigenvalue weighted by atomic mass is 16.5. The fourth-order valence-corrected chi connectivity index (χ4v) is 3.87. The van der Waals surface area contributed by atoms with Crippen molar-refractivity contribution in [3.8, 4) is 16.9 Å². The summed E-state index contributed by atoms with van der Waals surface area (Å²) in [4.78, 5) is 27.8. The van der Waals surface area contributed by atoms with Gasteiger partial charge in [0.2, 0.25) is 0 Å². The number of hydrogen-bond acceptors (Lipinski definition) is 6. The molecule has 0 spiro atoms. The maximum atomic E-state index is 12.3. The SMILES string of the molecule is CC(C)C(=O)OCCCCCCCCCCCOc1ccc(-c2cc3cnccc3oc2=O)cc1. The standard InChI is InChI=1S/C29H37NO5/c1-22(2)28(31)34-19-11-9-7-5-3-4-6-8-10-18-33-25-14-12-23(13-15-25)26-20-24-21-30-17-16-27(24)35-29(26)32/h12-17,20-22H,3-11,18-19H2,1-2H3. The fourth-order valence-electron chi connectivity index (χ4n) is 3.87. The molecule has 1 aromatic carbocycles. The van der Waals surface area contributed by atoms with Crippen LogP contribution in [0.3, 0.4) is 0 Å². The van der Waals surface area contributed by atoms with E-state index in [4.69, 9.17) is 13.9 Å². The number of esters is 1. The highest BCUT2D eigenvalue weighted by Gasteiger charge is 2.09. The Kier molecular flexibility index (Phi) is 10.8. The van der Waals surface area contributed by atoms with Crippen LogP contribution in [-0.4, -0.2) is 24.2 Å². The van der Waals surface area contributed by atoms with Crippen molar-refractivity contribution in [1.82, 2.24) is 4.98 Å². The molecule has 188 valence electrons. The zero-order valence-electron chi connectivity index (χ0n) is 21.0. The molecule has 2 aromatic heterocycles. The first kappa shape index (κ1) is 26.5. The molecule has 0 N–H and O–H groups in total. The molecular weight excluding hydrogens is 442 g/mol. The molecule has 0 bridgehead atoms. The predicted octanol–water partition coefficient (Wildman–Crippen LogP) is 6.94. The second kappa shape index (κ2) is 14.3. The molecule has 0 aliphatic carbocycles. The molecule has 3 aromatic rings. The summed E-state index contributed by atoms with van der Waals surface area (Å²) in [6, 6.07) is 11.1. The topological polar surface area (TPSA) is 78.6 Å². The second-order valence-electron chi connectivity index (χ2n) is 9.24. The Morgan fingerprint density at radius 3 is 2.17 bits per heavy atom. The Bertz CT molecular complexity index is 1100. The summed E-state index contributed by atoms with van der Waals surface area (Å²) in [5.41, 5.74) is 1.50. The van der Waals surface area contributed by atoms with Crippen LogP contribution in [0.4, 0.5) is 0 Å². The molecule has 2 heterocycles. The highest BCUT2D eigenvalue weighted by molar-refractivity contribution is 5.80. The summed E-state index contributed by atoms with van der Waals surface area (Å²) in [7, 11) is 0. The van der Waals surface area contributed by atoms with E-state index in [1.165, 1.54) is 32.1 Å². The number of carbonyl (C=O) groups excluding carboxylic acids is 1. The minimum Gasteiger partial charge on any atom is -0.494 e. The van der Waals surface area contributed by atoms with Crippen LogP contribution >= 0.6 is 0 Å². The van der Waals surface area contributed by atoms with E-state index in [0.29, 0.717) is 24.4 Å². The van der Waals surface area contributed by atoms with Crippen LogP contribution in [0.2, 0.25) is 0 Å². The number of fused-ring (bicyclic) bond motifs is 1. The lowest BCUT2D eigenvalue weighted by Gasteiger charge is -2.08. The number of hydrogen-bond donors (Lipinski definition) is 0. The lowest BCUT2D eigenvalue weighted by Crippen LogP contribution is -2.12. The Morgan fingerprint density at radius 1 is 0.886 bits per heavy atom. The number of pyridine rings is 1. The van der Waals surface area contributed by atoms with Crippen LogP contribution in [-0.2, 0) is 9.53 Å². The van der Waals surface area contributed by atoms with E-state index in [9.17, 15) is 9.59 Å². The smallest absolute Gasteiger partial charge is 0.344 e. The molecule has 6 heteroatoms. The average molecular weight is 480 g/mol. The van der Waals surface area contributed by atoms with Gasteiger partial charge in [-0.25, -0.2) is 4.79 Å². The number of ether oxygens (including phenoxy) is 2. The molecule has 35 heavy (non-hydrogen) atoms. The third kappa shape index (κ3) is 8.85. The summed E-state index contributed by atoms with van der Waals surface area (Å²) in [6.07, 6.45) is 13.8. The predicted molar refractivity (Wildman–Crippen MR) is 139 cm³/mol. The first-order valence-corrected chi connectivity index (χ1v) is 12.8. The summed E-state index contributed by atoms with van der Waals surface area (Å²) in [5.74, 6) is 0.670. The maximum absolute atomic E-state index is 12.3. The van der Waals surface area contributed by atoms with Gasteiger partial charge in [0.15, 0.2) is 0 Å². The van der Waals surface area contributed by atoms with E-state index in [0.717, 1.165) is 42.4 Å². The average Bonchev–Trinajstić information content (AvgIpc) is 2.86. The van der Waals surface area contributed by atoms with Crippen molar-refractivity contribution in [3.63, 3.8) is 0 Å². The minimum absolute atomic E-state index is 0.0371. The van der Waals surface area contributed by atoms with Gasteiger partial charge in [0.1, 0.15) is 11.3 Å². The van der Waals surface area contributed by atoms with Crippen molar-refractivity contribution < 1.29 is 18.7 Å². The Balaban J connectivity index is 1.24. The van der Waals surface area contributed by atoms with Gasteiger partial charge in [-0.15, -0.1) is 0 Å². The zero-order valence-corrected chi connectivity index (χ0v) is 21.0. The van der Waals surface area contributed by atoms with Crippen molar-refractivity contribution in [2.45, 2.75) is 71.6 Å². The lowest BCUT2D eigenvalue weighted by molar-refractivity contribution is -0.147. The number of unbranched alkanes of at least 4 members (excludes halogenated alkanes) is 8. The molecule has 0 unspecified atom stereocenters. The first-order valence-electron chi connectivity index (χ1n) is 12.8. The van der Waals surface area contributed by atoms with Crippen LogP contribution in [0, 0.1) is 5.92 Å². The minimum atomic E-state index is -0.357. The maximum Gasteiger partial charge on any atom is 0.344 e. The van der Waals surface area contributed by atoms with E-state index >= 15 is 0 Å². The van der Waals surface area contributed by atoms with Gasteiger partial charge in [0.25, 0.3) is 0 Å². The van der Waals surface area contributed by atoms with Gasteiger partial charge < -0.3 is 13.9 Å². The van der Waals surface area contributed by atoms with Gasteiger partial charge in [-0.2, -0.15) is 0 Å². The van der Waals surface area contributed by atoms with Crippen LogP contribution in [0.1, 0.15) is 71.6 Å². The quantitative estimate of drug-likeness (QED) is 0.173. The van der Waals surface area contributed by atoms with Crippen molar-refractivity contribution >= 4 is 16.9 Å². The van der Waals surface area contributed by atoms with Crippen molar-refractivity contribution in [1.29, 1.82) is 0 Å². The molecule has 0 amide bonds. The van der Waals surface area contributed by atoms with E-state index < -0.39 is 0 Å². The number of benzene rings is 1. The number of rotatable bonds is 15. The fraction of sp³-hybridized carbons (Fsp3) is 0.483. The molecule has 0 aliphatic heterocycles. The molecule has 0 radical (unpaired) electrons. The molecule has 0 saturated heterocycles. The Hall–Kier alpha value is -3.15. The monoisotopic (exact) mass is 479 g/mol. The first-order chi connectivity index (χ1) is 17.0. The Morgan fingerprint density at radius 2 is 1.51 bits per heavy atom. The number of nitrogens with zero attached hydrogens (tertiary/aromatic N) is 1. The normalized spacial score (nSPS) is 11.2. The summed E-state index contributed by atoms with van der Waals surface area (Å²) >= 11 is 0. The van der Waals surface area contributed by atoms with Crippen LogP contribution in [0.5, 0.6) is 5.75 Å². The summed E-state index contributed by atoms with van der Waals surface area (Å²) in [6.45, 7) is 4.97. The molecule has 0 atom stereocenters. The van der Waals surface area contributed by atoms with Gasteiger partial charge in [-0.3, -0.25) is 9.78 Å². The van der Waals surface area contributed by atoms with Crippen molar-refractivity contribution in [2.75, 3.05) is 13.2 Å². The lowest BCUT2D eigenvalue weighted by atomic mass is 10.1. The largest absolute Gasteiger partial charge is 0.494 e. The van der Waals surface area contributed by atoms with Gasteiger partial charge in [-0.05, 0) is 42.7 Å². The number of carbonyl (C=O) groups is 1. The Labute approximate surface area is 207 Å². The highest BCUT2D eigenvalue weighted by Crippen LogP contribution is 2.23. The summed E-state index contributed by atoms with van der Waals surface area (Å²) < 4.78 is 16.5. The third-order valence-electron chi connectivity index (χ3n) is 5.97.